The Labute approximate surface area is 198 Å². The standard InChI is InChI=1S/C22H18Cl2N4O3S/c1-4-9-32-22-25-20(30)18-14-7-5-6-8-17(14)27(12(2)29)21(28(18)26-22)15-10-13(23)11-16(24)19(15)31-3/h4-8,10-11,21H,1,9H2,2-3H3/p+1/t21-/m1/s1. The number of benzene rings is 2. The zero-order chi connectivity index (χ0) is 23.0. The fourth-order valence-electron chi connectivity index (χ4n) is 3.78. The van der Waals surface area contributed by atoms with Crippen molar-refractivity contribution in [2.24, 2.45) is 0 Å². The van der Waals surface area contributed by atoms with Gasteiger partial charge in [-0.25, -0.2) is 4.90 Å². The highest BCUT2D eigenvalue weighted by molar-refractivity contribution is 7.99. The van der Waals surface area contributed by atoms with Gasteiger partial charge in [-0.3, -0.25) is 14.6 Å². The average Bonchev–Trinajstić information content (AvgIpc) is 2.75. The molecule has 4 rings (SSSR count). The number of methoxy groups -OCH3 is 1. The number of amides is 1. The van der Waals surface area contributed by atoms with Crippen molar-refractivity contribution in [2.45, 2.75) is 18.2 Å². The number of nitrogens with zero attached hydrogens (tertiary/aromatic N) is 3. The third-order valence-corrected chi connectivity index (χ3v) is 6.31. The molecule has 1 aliphatic heterocycles. The van der Waals surface area contributed by atoms with Crippen LogP contribution in [0.2, 0.25) is 10.0 Å². The fourth-order valence-corrected chi connectivity index (χ4v) is 4.96. The molecule has 0 unspecified atom stereocenters. The zero-order valence-electron chi connectivity index (χ0n) is 17.3. The maximum Gasteiger partial charge on any atom is 0.325 e. The summed E-state index contributed by atoms with van der Waals surface area (Å²) >= 11 is 14.1. The molecule has 1 N–H and O–H groups in total. The quantitative estimate of drug-likeness (QED) is 0.329. The fraction of sp³-hybridized carbons (Fsp3) is 0.182. The first-order chi connectivity index (χ1) is 15.4. The third kappa shape index (κ3) is 3.79. The van der Waals surface area contributed by atoms with E-state index in [4.69, 9.17) is 27.9 Å². The van der Waals surface area contributed by atoms with E-state index < -0.39 is 6.17 Å². The van der Waals surface area contributed by atoms with Crippen LogP contribution in [0.5, 0.6) is 5.75 Å². The second-order valence-corrected chi connectivity index (χ2v) is 8.79. The number of rotatable bonds is 5. The molecule has 2 aromatic carbocycles. The Morgan fingerprint density at radius 2 is 2.12 bits per heavy atom. The van der Waals surface area contributed by atoms with Gasteiger partial charge >= 0.3 is 11.3 Å². The Morgan fingerprint density at radius 3 is 2.81 bits per heavy atom. The zero-order valence-corrected chi connectivity index (χ0v) is 19.6. The first kappa shape index (κ1) is 22.4. The van der Waals surface area contributed by atoms with Crippen molar-refractivity contribution in [1.29, 1.82) is 0 Å². The van der Waals surface area contributed by atoms with E-state index in [2.05, 4.69) is 16.7 Å². The maximum atomic E-state index is 13.2. The predicted octanol–water partition coefficient (Wildman–Crippen LogP) is 4.23. The van der Waals surface area contributed by atoms with Crippen molar-refractivity contribution in [3.8, 4) is 17.0 Å². The van der Waals surface area contributed by atoms with Gasteiger partial charge < -0.3 is 4.74 Å². The van der Waals surface area contributed by atoms with E-state index in [-0.39, 0.29) is 16.5 Å². The smallest absolute Gasteiger partial charge is 0.325 e. The lowest BCUT2D eigenvalue weighted by molar-refractivity contribution is -0.763. The van der Waals surface area contributed by atoms with Gasteiger partial charge in [0.25, 0.3) is 6.17 Å². The van der Waals surface area contributed by atoms with E-state index >= 15 is 0 Å². The van der Waals surface area contributed by atoms with Gasteiger partial charge in [0.15, 0.2) is 0 Å². The number of halogens is 2. The molecule has 3 aromatic rings. The molecule has 0 saturated carbocycles. The molecular weight excluding hydrogens is 471 g/mol. The Morgan fingerprint density at radius 1 is 1.38 bits per heavy atom. The number of hydrogen-bond donors (Lipinski definition) is 1. The molecule has 7 nitrogen and oxygen atoms in total. The van der Waals surface area contributed by atoms with E-state index in [1.165, 1.54) is 30.5 Å². The van der Waals surface area contributed by atoms with E-state index in [1.54, 1.807) is 47.4 Å². The molecule has 0 fully saturated rings. The van der Waals surface area contributed by atoms with Crippen LogP contribution >= 0.6 is 35.0 Å². The van der Waals surface area contributed by atoms with E-state index in [1.807, 2.05) is 0 Å². The second kappa shape index (κ2) is 8.97. The van der Waals surface area contributed by atoms with Crippen molar-refractivity contribution in [2.75, 3.05) is 17.8 Å². The summed E-state index contributed by atoms with van der Waals surface area (Å²) in [5.74, 6) is 0.639. The van der Waals surface area contributed by atoms with Gasteiger partial charge in [-0.15, -0.1) is 6.58 Å². The van der Waals surface area contributed by atoms with Gasteiger partial charge in [0.2, 0.25) is 11.1 Å². The number of carbonyl (C=O) groups is 1. The Balaban J connectivity index is 2.10. The van der Waals surface area contributed by atoms with Crippen LogP contribution < -0.4 is 19.9 Å². The Bertz CT molecular complexity index is 1290. The van der Waals surface area contributed by atoms with Crippen LogP contribution in [0.1, 0.15) is 18.7 Å². The number of carbonyl (C=O) groups excluding carboxylic acids is 1. The lowest BCUT2D eigenvalue weighted by Gasteiger charge is -2.32. The molecule has 1 amide bonds. The summed E-state index contributed by atoms with van der Waals surface area (Å²) in [6, 6.07) is 10.4. The van der Waals surface area contributed by atoms with Crippen molar-refractivity contribution >= 4 is 46.6 Å². The lowest BCUT2D eigenvalue weighted by atomic mass is 10.0. The number of H-pyrrole nitrogens is 1. The van der Waals surface area contributed by atoms with Crippen molar-refractivity contribution in [1.82, 2.24) is 10.1 Å². The number of ether oxygens (including phenoxy) is 1. The predicted molar refractivity (Wildman–Crippen MR) is 126 cm³/mol. The van der Waals surface area contributed by atoms with Crippen LogP contribution in [0.25, 0.3) is 11.3 Å². The van der Waals surface area contributed by atoms with Crippen molar-refractivity contribution < 1.29 is 14.2 Å². The topological polar surface area (TPSA) is 79.2 Å². The summed E-state index contributed by atoms with van der Waals surface area (Å²) < 4.78 is 7.09. The minimum atomic E-state index is -0.853. The van der Waals surface area contributed by atoms with Gasteiger partial charge in [0, 0.05) is 22.8 Å². The molecule has 164 valence electrons. The monoisotopic (exact) mass is 489 g/mol. The van der Waals surface area contributed by atoms with Gasteiger partial charge in [-0.05, 0) is 28.9 Å². The first-order valence-corrected chi connectivity index (χ1v) is 11.3. The highest BCUT2D eigenvalue weighted by Crippen LogP contribution is 2.42. The number of nitrogens with one attached hydrogen (secondary N) is 1. The van der Waals surface area contributed by atoms with Crippen LogP contribution in [0.4, 0.5) is 5.69 Å². The van der Waals surface area contributed by atoms with E-state index in [0.717, 1.165) is 0 Å². The number of para-hydroxylation sites is 1. The molecule has 0 radical (unpaired) electrons. The molecule has 32 heavy (non-hydrogen) atoms. The van der Waals surface area contributed by atoms with Gasteiger partial charge in [0.1, 0.15) is 5.75 Å². The van der Waals surface area contributed by atoms with Crippen molar-refractivity contribution in [3.05, 3.63) is 75.0 Å². The molecule has 1 aromatic heterocycles. The summed E-state index contributed by atoms with van der Waals surface area (Å²) in [6.07, 6.45) is 0.859. The Kier molecular flexibility index (Phi) is 6.28. The van der Waals surface area contributed by atoms with Crippen molar-refractivity contribution in [3.63, 3.8) is 0 Å². The third-order valence-electron chi connectivity index (χ3n) is 4.95. The largest absolute Gasteiger partial charge is 0.495 e. The molecule has 10 heteroatoms. The average molecular weight is 490 g/mol. The highest BCUT2D eigenvalue weighted by atomic mass is 35.5. The first-order valence-electron chi connectivity index (χ1n) is 9.59. The molecule has 0 aliphatic carbocycles. The number of anilines is 1. The second-order valence-electron chi connectivity index (χ2n) is 6.94. The van der Waals surface area contributed by atoms with Gasteiger partial charge in [-0.2, -0.15) is 0 Å². The SMILES string of the molecule is C=CCSc1n[n+]2c(c(=O)[nH]1)-c1ccccc1N(C(C)=O)[C@H]2c1cc(Cl)cc(Cl)c1OC. The Hall–Kier alpha value is -2.81. The minimum Gasteiger partial charge on any atom is -0.495 e. The highest BCUT2D eigenvalue weighted by Gasteiger charge is 2.46. The molecule has 1 aliphatic rings. The summed E-state index contributed by atoms with van der Waals surface area (Å²) in [5, 5.41) is 5.71. The molecule has 1 atom stereocenters. The molecule has 0 spiro atoms. The summed E-state index contributed by atoms with van der Waals surface area (Å²) in [5.41, 5.74) is 1.63. The van der Waals surface area contributed by atoms with Crippen LogP contribution in [0.15, 0.2) is 59.0 Å². The number of aromatic amines is 1. The molecule has 0 bridgehead atoms. The van der Waals surface area contributed by atoms with Gasteiger partial charge in [0.05, 0.1) is 28.9 Å². The normalized spacial score (nSPS) is 14.5. The summed E-state index contributed by atoms with van der Waals surface area (Å²) in [7, 11) is 1.48. The maximum absolute atomic E-state index is 13.2. The van der Waals surface area contributed by atoms with Crippen LogP contribution in [0, 0.1) is 0 Å². The number of aromatic nitrogens is 3. The van der Waals surface area contributed by atoms with E-state index in [9.17, 15) is 9.59 Å². The molecular formula is C22H19Cl2N4O3S+. The van der Waals surface area contributed by atoms with Gasteiger partial charge in [-0.1, -0.05) is 53.2 Å². The number of fused-ring (bicyclic) bond motifs is 3. The van der Waals surface area contributed by atoms with Crippen LogP contribution in [-0.2, 0) is 4.79 Å². The summed E-state index contributed by atoms with van der Waals surface area (Å²) in [4.78, 5) is 30.5. The summed E-state index contributed by atoms with van der Waals surface area (Å²) in [6.45, 7) is 5.16. The van der Waals surface area contributed by atoms with E-state index in [0.29, 0.717) is 44.2 Å². The van der Waals surface area contributed by atoms with Crippen LogP contribution in [-0.4, -0.2) is 28.9 Å². The lowest BCUT2D eigenvalue weighted by Crippen LogP contribution is -2.60. The number of hydrogen-bond acceptors (Lipinski definition) is 5. The molecule has 0 saturated heterocycles. The minimum absolute atomic E-state index is 0.249. The molecule has 2 heterocycles. The number of thioether (sulfide) groups is 1. The van der Waals surface area contributed by atoms with Crippen LogP contribution in [0.3, 0.4) is 0 Å².